The molecule has 2 fully saturated rings. The lowest BCUT2D eigenvalue weighted by atomic mass is 10.0. The summed E-state index contributed by atoms with van der Waals surface area (Å²) in [6.07, 6.45) is 1.72. The second kappa shape index (κ2) is 9.15. The molecule has 0 aliphatic carbocycles. The molecular formula is C23H21N5O4S2. The Labute approximate surface area is 203 Å². The monoisotopic (exact) mass is 495 g/mol. The molecule has 2 aliphatic heterocycles. The fraction of sp³-hybridized carbons (Fsp3) is 0.261. The van der Waals surface area contributed by atoms with Crippen molar-refractivity contribution in [3.8, 4) is 5.69 Å². The van der Waals surface area contributed by atoms with E-state index in [1.54, 1.807) is 9.58 Å². The summed E-state index contributed by atoms with van der Waals surface area (Å²) in [5.41, 5.74) is 1.63. The van der Waals surface area contributed by atoms with E-state index in [4.69, 9.17) is 0 Å². The zero-order valence-corrected chi connectivity index (χ0v) is 19.5. The number of nitrogens with one attached hydrogen (secondary N) is 1. The SMILES string of the molecule is O=C(Cc1ccccc1)N[C@@H]1C(=O)N2CC(Sc3cnnn3-c3ccccc3)(C(=O)O)CS[C@H]12. The first-order valence-corrected chi connectivity index (χ1v) is 12.5. The Kier molecular flexibility index (Phi) is 6.05. The van der Waals surface area contributed by atoms with Crippen LogP contribution in [0.25, 0.3) is 5.69 Å². The number of rotatable bonds is 7. The molecule has 0 spiro atoms. The molecule has 2 amide bonds. The molecule has 1 aromatic heterocycles. The van der Waals surface area contributed by atoms with Crippen LogP contribution in [-0.2, 0) is 20.8 Å². The highest BCUT2D eigenvalue weighted by atomic mass is 32.2. The molecule has 2 saturated heterocycles. The van der Waals surface area contributed by atoms with Crippen LogP contribution in [0.5, 0.6) is 0 Å². The summed E-state index contributed by atoms with van der Waals surface area (Å²) in [4.78, 5) is 39.2. The van der Waals surface area contributed by atoms with E-state index in [1.165, 1.54) is 18.0 Å². The second-order valence-corrected chi connectivity index (χ2v) is 10.6. The summed E-state index contributed by atoms with van der Waals surface area (Å²) in [6, 6.07) is 18.0. The number of β-lactam (4-membered cyclic amide) rings is 1. The summed E-state index contributed by atoms with van der Waals surface area (Å²) in [5.74, 6) is -1.23. The maximum Gasteiger partial charge on any atom is 0.322 e. The highest BCUT2D eigenvalue weighted by Gasteiger charge is 2.58. The number of benzene rings is 2. The van der Waals surface area contributed by atoms with Crippen LogP contribution in [0.2, 0.25) is 0 Å². The number of carbonyl (C=O) groups is 3. The maximum absolute atomic E-state index is 12.9. The molecule has 34 heavy (non-hydrogen) atoms. The molecule has 2 aliphatic rings. The fourth-order valence-electron chi connectivity index (χ4n) is 4.04. The normalized spacial score (nSPS) is 23.6. The van der Waals surface area contributed by atoms with Crippen LogP contribution in [0.15, 0.2) is 71.9 Å². The molecule has 0 saturated carbocycles. The van der Waals surface area contributed by atoms with E-state index in [-0.39, 0.29) is 35.9 Å². The van der Waals surface area contributed by atoms with Crippen molar-refractivity contribution < 1.29 is 19.5 Å². The van der Waals surface area contributed by atoms with Gasteiger partial charge in [-0.05, 0) is 17.7 Å². The minimum Gasteiger partial charge on any atom is -0.480 e. The Morgan fingerprint density at radius 3 is 2.56 bits per heavy atom. The molecule has 174 valence electrons. The van der Waals surface area contributed by atoms with Crippen molar-refractivity contribution >= 4 is 41.3 Å². The number of amides is 2. The van der Waals surface area contributed by atoms with Crippen LogP contribution in [0.4, 0.5) is 0 Å². The number of thioether (sulfide) groups is 2. The van der Waals surface area contributed by atoms with Gasteiger partial charge in [-0.3, -0.25) is 14.4 Å². The number of hydrogen-bond acceptors (Lipinski definition) is 7. The van der Waals surface area contributed by atoms with Crippen molar-refractivity contribution in [2.24, 2.45) is 0 Å². The minimum atomic E-state index is -1.26. The van der Waals surface area contributed by atoms with Crippen LogP contribution >= 0.6 is 23.5 Å². The van der Waals surface area contributed by atoms with Crippen molar-refractivity contribution in [1.29, 1.82) is 0 Å². The molecular weight excluding hydrogens is 474 g/mol. The van der Waals surface area contributed by atoms with Crippen LogP contribution in [0.1, 0.15) is 5.56 Å². The van der Waals surface area contributed by atoms with Crippen molar-refractivity contribution in [1.82, 2.24) is 25.2 Å². The molecule has 3 aromatic rings. The van der Waals surface area contributed by atoms with E-state index in [9.17, 15) is 19.5 Å². The van der Waals surface area contributed by atoms with Gasteiger partial charge in [-0.25, -0.2) is 4.68 Å². The third kappa shape index (κ3) is 4.16. The predicted molar refractivity (Wildman–Crippen MR) is 128 cm³/mol. The zero-order chi connectivity index (χ0) is 23.7. The van der Waals surface area contributed by atoms with Gasteiger partial charge < -0.3 is 15.3 Å². The number of fused-ring (bicyclic) bond motifs is 1. The number of aliphatic carboxylic acids is 1. The lowest BCUT2D eigenvalue weighted by Crippen LogP contribution is -2.74. The fourth-order valence-corrected chi connectivity index (χ4v) is 6.89. The average molecular weight is 496 g/mol. The van der Waals surface area contributed by atoms with Gasteiger partial charge in [-0.2, -0.15) is 0 Å². The average Bonchev–Trinajstić information content (AvgIpc) is 3.31. The smallest absolute Gasteiger partial charge is 0.322 e. The summed E-state index contributed by atoms with van der Waals surface area (Å²) in [6.45, 7) is 0.0362. The van der Waals surface area contributed by atoms with Gasteiger partial charge in [0, 0.05) is 12.3 Å². The van der Waals surface area contributed by atoms with Crippen molar-refractivity contribution in [3.63, 3.8) is 0 Å². The Morgan fingerprint density at radius 1 is 1.15 bits per heavy atom. The highest BCUT2D eigenvalue weighted by Crippen LogP contribution is 2.46. The van der Waals surface area contributed by atoms with E-state index >= 15 is 0 Å². The molecule has 3 heterocycles. The van der Waals surface area contributed by atoms with Gasteiger partial charge in [0.25, 0.3) is 0 Å². The van der Waals surface area contributed by atoms with Gasteiger partial charge in [-0.15, -0.1) is 16.9 Å². The quantitative estimate of drug-likeness (QED) is 0.477. The molecule has 2 aromatic carbocycles. The number of aromatic nitrogens is 3. The van der Waals surface area contributed by atoms with Crippen LogP contribution in [-0.4, -0.2) is 71.2 Å². The first kappa shape index (κ1) is 22.5. The van der Waals surface area contributed by atoms with E-state index in [0.717, 1.165) is 23.0 Å². The lowest BCUT2D eigenvalue weighted by molar-refractivity contribution is -0.152. The minimum absolute atomic E-state index is 0.0362. The topological polar surface area (TPSA) is 117 Å². The van der Waals surface area contributed by atoms with Gasteiger partial charge >= 0.3 is 5.97 Å². The Bertz CT molecular complexity index is 1220. The first-order chi connectivity index (χ1) is 16.5. The molecule has 9 nitrogen and oxygen atoms in total. The van der Waals surface area contributed by atoms with Gasteiger partial charge in [0.1, 0.15) is 21.2 Å². The Morgan fingerprint density at radius 2 is 1.85 bits per heavy atom. The second-order valence-electron chi connectivity index (χ2n) is 8.10. The number of carboxylic acids is 1. The van der Waals surface area contributed by atoms with Gasteiger partial charge in [0.15, 0.2) is 0 Å². The van der Waals surface area contributed by atoms with Gasteiger partial charge in [0.2, 0.25) is 11.8 Å². The van der Waals surface area contributed by atoms with Crippen molar-refractivity contribution in [2.75, 3.05) is 12.3 Å². The first-order valence-electron chi connectivity index (χ1n) is 10.6. The highest BCUT2D eigenvalue weighted by molar-refractivity contribution is 8.05. The van der Waals surface area contributed by atoms with Gasteiger partial charge in [-0.1, -0.05) is 65.5 Å². The lowest BCUT2D eigenvalue weighted by Gasteiger charge is -2.53. The van der Waals surface area contributed by atoms with Crippen LogP contribution < -0.4 is 5.32 Å². The maximum atomic E-state index is 12.9. The van der Waals surface area contributed by atoms with Crippen molar-refractivity contribution in [3.05, 3.63) is 72.4 Å². The Hall–Kier alpha value is -3.31. The third-order valence-electron chi connectivity index (χ3n) is 5.79. The molecule has 5 rings (SSSR count). The zero-order valence-electron chi connectivity index (χ0n) is 17.9. The van der Waals surface area contributed by atoms with E-state index in [0.29, 0.717) is 5.03 Å². The molecule has 2 N–H and O–H groups in total. The molecule has 1 unspecified atom stereocenters. The summed E-state index contributed by atoms with van der Waals surface area (Å²) in [5, 5.41) is 21.3. The standard InChI is InChI=1S/C23H21N5O4S2/c29-17(11-15-7-3-1-4-8-15)25-19-20(30)27-13-23(22(31)32,14-33-21(19)27)34-18-12-24-26-28(18)16-9-5-2-6-10-16/h1-10,12,19,21H,11,13-14H2,(H,25,29)(H,31,32)/t19-,21-,23?/m1/s1. The summed E-state index contributed by atoms with van der Waals surface area (Å²) >= 11 is 2.51. The van der Waals surface area contributed by atoms with Crippen molar-refractivity contribution in [2.45, 2.75) is 27.6 Å². The number of nitrogens with zero attached hydrogens (tertiary/aromatic N) is 4. The predicted octanol–water partition coefficient (Wildman–Crippen LogP) is 1.83. The number of hydrogen-bond donors (Lipinski definition) is 2. The Balaban J connectivity index is 1.28. The summed E-state index contributed by atoms with van der Waals surface area (Å²) in [7, 11) is 0. The number of carboxylic acid groups (broad SMARTS) is 1. The molecule has 11 heteroatoms. The summed E-state index contributed by atoms with van der Waals surface area (Å²) < 4.78 is 0.334. The molecule has 0 radical (unpaired) electrons. The molecule has 0 bridgehead atoms. The van der Waals surface area contributed by atoms with Crippen LogP contribution in [0.3, 0.4) is 0 Å². The third-order valence-corrected chi connectivity index (χ3v) is 8.82. The van der Waals surface area contributed by atoms with E-state index < -0.39 is 16.8 Å². The van der Waals surface area contributed by atoms with E-state index in [2.05, 4.69) is 15.6 Å². The van der Waals surface area contributed by atoms with Gasteiger partial charge in [0.05, 0.1) is 18.3 Å². The van der Waals surface area contributed by atoms with E-state index in [1.807, 2.05) is 60.7 Å². The number of para-hydroxylation sites is 1. The van der Waals surface area contributed by atoms with Crippen LogP contribution in [0, 0.1) is 0 Å². The largest absolute Gasteiger partial charge is 0.480 e. The molecule has 3 atom stereocenters. The number of carbonyl (C=O) groups excluding carboxylic acids is 2.